The minimum atomic E-state index is 0.172. The Bertz CT molecular complexity index is 1000. The van der Waals surface area contributed by atoms with Gasteiger partial charge in [-0.2, -0.15) is 4.98 Å². The van der Waals surface area contributed by atoms with Gasteiger partial charge >= 0.3 is 0 Å². The van der Waals surface area contributed by atoms with Gasteiger partial charge in [0, 0.05) is 35.9 Å². The average molecular weight is 413 g/mol. The third-order valence-corrected chi connectivity index (χ3v) is 5.62. The SMILES string of the molecule is COc1cc2nc(Cl)nc(Nc3ccc(N4CCC(C)CC4)cc3)c2cc1OC. The van der Waals surface area contributed by atoms with Crippen LogP contribution in [-0.4, -0.2) is 37.3 Å². The molecule has 6 nitrogen and oxygen atoms in total. The Morgan fingerprint density at radius 2 is 1.66 bits per heavy atom. The molecule has 1 aliphatic heterocycles. The molecule has 0 atom stereocenters. The van der Waals surface area contributed by atoms with Crippen molar-refractivity contribution in [2.24, 2.45) is 5.92 Å². The number of hydrogen-bond donors (Lipinski definition) is 1. The fourth-order valence-corrected chi connectivity index (χ4v) is 3.86. The van der Waals surface area contributed by atoms with Gasteiger partial charge in [0.15, 0.2) is 11.5 Å². The summed E-state index contributed by atoms with van der Waals surface area (Å²) in [7, 11) is 3.20. The highest BCUT2D eigenvalue weighted by atomic mass is 35.5. The van der Waals surface area contributed by atoms with Crippen molar-refractivity contribution in [3.8, 4) is 11.5 Å². The van der Waals surface area contributed by atoms with E-state index in [0.717, 1.165) is 30.1 Å². The fraction of sp³-hybridized carbons (Fsp3) is 0.364. The number of aromatic nitrogens is 2. The Balaban J connectivity index is 1.61. The van der Waals surface area contributed by atoms with E-state index in [9.17, 15) is 0 Å². The van der Waals surface area contributed by atoms with Gasteiger partial charge in [-0.25, -0.2) is 4.98 Å². The van der Waals surface area contributed by atoms with E-state index in [1.54, 1.807) is 20.3 Å². The van der Waals surface area contributed by atoms with Crippen LogP contribution in [-0.2, 0) is 0 Å². The Morgan fingerprint density at radius 3 is 2.31 bits per heavy atom. The van der Waals surface area contributed by atoms with Crippen LogP contribution in [0.5, 0.6) is 11.5 Å². The third kappa shape index (κ3) is 4.17. The molecule has 1 saturated heterocycles. The molecule has 2 aromatic carbocycles. The van der Waals surface area contributed by atoms with Crippen LogP contribution >= 0.6 is 11.6 Å². The number of piperidine rings is 1. The van der Waals surface area contributed by atoms with Crippen molar-refractivity contribution in [3.05, 3.63) is 41.7 Å². The molecule has 0 unspecified atom stereocenters. The maximum absolute atomic E-state index is 6.16. The lowest BCUT2D eigenvalue weighted by Crippen LogP contribution is -2.32. The molecule has 4 rings (SSSR count). The zero-order valence-electron chi connectivity index (χ0n) is 16.9. The van der Waals surface area contributed by atoms with E-state index in [1.807, 2.05) is 6.07 Å². The van der Waals surface area contributed by atoms with E-state index in [2.05, 4.69) is 51.4 Å². The van der Waals surface area contributed by atoms with Crippen LogP contribution in [0.25, 0.3) is 10.9 Å². The second-order valence-electron chi connectivity index (χ2n) is 7.41. The first-order valence-corrected chi connectivity index (χ1v) is 10.2. The number of hydrogen-bond acceptors (Lipinski definition) is 6. The molecule has 0 spiro atoms. The molecule has 0 bridgehead atoms. The number of fused-ring (bicyclic) bond motifs is 1. The first-order valence-electron chi connectivity index (χ1n) is 9.78. The van der Waals surface area contributed by atoms with Gasteiger partial charge in [-0.15, -0.1) is 0 Å². The summed E-state index contributed by atoms with van der Waals surface area (Å²) in [5, 5.41) is 4.34. The Kier molecular flexibility index (Phi) is 5.62. The summed E-state index contributed by atoms with van der Waals surface area (Å²) in [6.07, 6.45) is 2.49. The lowest BCUT2D eigenvalue weighted by atomic mass is 9.99. The van der Waals surface area contributed by atoms with Crippen LogP contribution < -0.4 is 19.7 Å². The smallest absolute Gasteiger partial charge is 0.224 e. The highest BCUT2D eigenvalue weighted by molar-refractivity contribution is 6.28. The lowest BCUT2D eigenvalue weighted by Gasteiger charge is -2.32. The van der Waals surface area contributed by atoms with Gasteiger partial charge in [-0.3, -0.25) is 0 Å². The first-order chi connectivity index (χ1) is 14.1. The molecule has 2 heterocycles. The second-order valence-corrected chi connectivity index (χ2v) is 7.75. The van der Waals surface area contributed by atoms with Gasteiger partial charge < -0.3 is 19.7 Å². The standard InChI is InChI=1S/C22H25ClN4O2/c1-14-8-10-27(11-9-14)16-6-4-15(5-7-16)24-21-17-12-19(28-2)20(29-3)13-18(17)25-22(23)26-21/h4-7,12-14H,8-11H2,1-3H3,(H,24,25,26). The molecule has 1 N–H and O–H groups in total. The molecule has 29 heavy (non-hydrogen) atoms. The summed E-state index contributed by atoms with van der Waals surface area (Å²) in [6, 6.07) is 12.1. The van der Waals surface area contributed by atoms with Gasteiger partial charge in [-0.05, 0) is 60.7 Å². The summed E-state index contributed by atoms with van der Waals surface area (Å²) in [4.78, 5) is 11.1. The quantitative estimate of drug-likeness (QED) is 0.575. The molecule has 1 aliphatic rings. The van der Waals surface area contributed by atoms with Crippen LogP contribution in [0.4, 0.5) is 17.2 Å². The van der Waals surface area contributed by atoms with Gasteiger partial charge in [0.25, 0.3) is 0 Å². The number of benzene rings is 2. The van der Waals surface area contributed by atoms with E-state index < -0.39 is 0 Å². The molecule has 0 aliphatic carbocycles. The number of anilines is 3. The Labute approximate surface area is 175 Å². The monoisotopic (exact) mass is 412 g/mol. The van der Waals surface area contributed by atoms with Crippen LogP contribution in [0.2, 0.25) is 5.28 Å². The minimum absolute atomic E-state index is 0.172. The predicted molar refractivity (Wildman–Crippen MR) is 118 cm³/mol. The van der Waals surface area contributed by atoms with Crippen molar-refractivity contribution in [3.63, 3.8) is 0 Å². The number of methoxy groups -OCH3 is 2. The summed E-state index contributed by atoms with van der Waals surface area (Å²) in [5.74, 6) is 2.66. The average Bonchev–Trinajstić information content (AvgIpc) is 2.74. The summed E-state index contributed by atoms with van der Waals surface area (Å²) >= 11 is 6.16. The summed E-state index contributed by atoms with van der Waals surface area (Å²) < 4.78 is 10.8. The topological polar surface area (TPSA) is 59.5 Å². The number of ether oxygens (including phenoxy) is 2. The molecule has 0 radical (unpaired) electrons. The molecule has 7 heteroatoms. The van der Waals surface area contributed by atoms with E-state index >= 15 is 0 Å². The van der Waals surface area contributed by atoms with E-state index in [4.69, 9.17) is 21.1 Å². The van der Waals surface area contributed by atoms with Crippen molar-refractivity contribution >= 4 is 39.7 Å². The molecular formula is C22H25ClN4O2. The molecule has 0 saturated carbocycles. The first kappa shape index (κ1) is 19.6. The van der Waals surface area contributed by atoms with Crippen molar-refractivity contribution in [1.82, 2.24) is 9.97 Å². The van der Waals surface area contributed by atoms with Gasteiger partial charge in [0.05, 0.1) is 19.7 Å². The van der Waals surface area contributed by atoms with Gasteiger partial charge in [0.2, 0.25) is 5.28 Å². The zero-order chi connectivity index (χ0) is 20.4. The van der Waals surface area contributed by atoms with Gasteiger partial charge in [0.1, 0.15) is 5.82 Å². The van der Waals surface area contributed by atoms with Gasteiger partial charge in [-0.1, -0.05) is 6.92 Å². The number of rotatable bonds is 5. The van der Waals surface area contributed by atoms with Crippen LogP contribution in [0.1, 0.15) is 19.8 Å². The molecular weight excluding hydrogens is 388 g/mol. The maximum atomic E-state index is 6.16. The van der Waals surface area contributed by atoms with Crippen molar-refractivity contribution < 1.29 is 9.47 Å². The minimum Gasteiger partial charge on any atom is -0.493 e. The maximum Gasteiger partial charge on any atom is 0.224 e. The van der Waals surface area contributed by atoms with Crippen LogP contribution in [0.3, 0.4) is 0 Å². The molecule has 1 aromatic heterocycles. The normalized spacial score (nSPS) is 14.8. The number of nitrogens with one attached hydrogen (secondary N) is 1. The van der Waals surface area contributed by atoms with Crippen molar-refractivity contribution in [1.29, 1.82) is 0 Å². The Morgan fingerprint density at radius 1 is 1.00 bits per heavy atom. The molecule has 3 aromatic rings. The van der Waals surface area contributed by atoms with Crippen LogP contribution in [0, 0.1) is 5.92 Å². The largest absolute Gasteiger partial charge is 0.493 e. The van der Waals surface area contributed by atoms with E-state index in [1.165, 1.54) is 18.5 Å². The van der Waals surface area contributed by atoms with Crippen molar-refractivity contribution in [2.45, 2.75) is 19.8 Å². The van der Waals surface area contributed by atoms with E-state index in [-0.39, 0.29) is 5.28 Å². The van der Waals surface area contributed by atoms with E-state index in [0.29, 0.717) is 22.8 Å². The second kappa shape index (κ2) is 8.33. The number of nitrogens with zero attached hydrogens (tertiary/aromatic N) is 3. The highest BCUT2D eigenvalue weighted by Crippen LogP contribution is 2.35. The summed E-state index contributed by atoms with van der Waals surface area (Å²) in [6.45, 7) is 4.55. The number of halogens is 1. The molecule has 0 amide bonds. The van der Waals surface area contributed by atoms with Crippen molar-refractivity contribution in [2.75, 3.05) is 37.5 Å². The fourth-order valence-electron chi connectivity index (χ4n) is 3.68. The predicted octanol–water partition coefficient (Wildman–Crippen LogP) is 5.28. The highest BCUT2D eigenvalue weighted by Gasteiger charge is 2.16. The summed E-state index contributed by atoms with van der Waals surface area (Å²) in [5.41, 5.74) is 2.87. The Hall–Kier alpha value is -2.73. The molecule has 1 fully saturated rings. The molecule has 152 valence electrons. The third-order valence-electron chi connectivity index (χ3n) is 5.45. The zero-order valence-corrected chi connectivity index (χ0v) is 17.7. The van der Waals surface area contributed by atoms with Crippen LogP contribution in [0.15, 0.2) is 36.4 Å². The lowest BCUT2D eigenvalue weighted by molar-refractivity contribution is 0.356.